The average Bonchev–Trinajstić information content (AvgIpc) is 2.24. The van der Waals surface area contributed by atoms with Crippen LogP contribution in [0.3, 0.4) is 0 Å². The van der Waals surface area contributed by atoms with Crippen LogP contribution in [-0.2, 0) is 0 Å². The number of hydrogen-bond donors (Lipinski definition) is 0. The number of piperidine rings is 1. The van der Waals surface area contributed by atoms with Crippen LogP contribution in [0.1, 0.15) is 26.7 Å². The van der Waals surface area contributed by atoms with Crippen molar-refractivity contribution in [3.05, 3.63) is 0 Å². The zero-order valence-electron chi connectivity index (χ0n) is 10.1. The Hall–Kier alpha value is -0.520. The van der Waals surface area contributed by atoms with Crippen LogP contribution < -0.4 is 0 Å². The Labute approximate surface area is 93.6 Å². The minimum atomic E-state index is 0.687. The van der Waals surface area contributed by atoms with Crippen molar-refractivity contribution in [2.24, 2.45) is 5.41 Å². The second-order valence-electron chi connectivity index (χ2n) is 5.01. The summed E-state index contributed by atoms with van der Waals surface area (Å²) in [7, 11) is 0. The summed E-state index contributed by atoms with van der Waals surface area (Å²) in [5.41, 5.74) is 0.687. The molecule has 2 heterocycles. The van der Waals surface area contributed by atoms with E-state index in [-0.39, 0.29) is 0 Å². The molecule has 2 aliphatic heterocycles. The van der Waals surface area contributed by atoms with Crippen molar-refractivity contribution in [2.45, 2.75) is 26.7 Å². The molecular weight excluding hydrogens is 184 g/mol. The molecule has 2 heteroatoms. The highest BCUT2D eigenvalue weighted by Crippen LogP contribution is 2.39. The molecule has 0 atom stereocenters. The summed E-state index contributed by atoms with van der Waals surface area (Å²) >= 11 is 0. The maximum absolute atomic E-state index is 3.17. The van der Waals surface area contributed by atoms with E-state index in [9.17, 15) is 0 Å². The Balaban J connectivity index is 1.75. The van der Waals surface area contributed by atoms with E-state index in [0.29, 0.717) is 5.41 Å². The van der Waals surface area contributed by atoms with Gasteiger partial charge in [0.05, 0.1) is 6.54 Å². The van der Waals surface area contributed by atoms with E-state index < -0.39 is 0 Å². The van der Waals surface area contributed by atoms with Crippen molar-refractivity contribution < 1.29 is 0 Å². The Morgan fingerprint density at radius 1 is 1.13 bits per heavy atom. The first-order valence-electron chi connectivity index (χ1n) is 6.12. The minimum Gasteiger partial charge on any atom is -0.302 e. The second-order valence-corrected chi connectivity index (χ2v) is 5.01. The lowest BCUT2D eigenvalue weighted by atomic mass is 9.72. The van der Waals surface area contributed by atoms with E-state index in [4.69, 9.17) is 0 Å². The van der Waals surface area contributed by atoms with Gasteiger partial charge in [0.25, 0.3) is 0 Å². The summed E-state index contributed by atoms with van der Waals surface area (Å²) in [5.74, 6) is 6.15. The van der Waals surface area contributed by atoms with Gasteiger partial charge in [-0.05, 0) is 44.8 Å². The molecule has 0 bridgehead atoms. The SMILES string of the molecule is CC#CCN1CCC2(CC1)CN(CC)C2. The molecule has 2 aliphatic rings. The third-order valence-electron chi connectivity index (χ3n) is 3.96. The normalized spacial score (nSPS) is 25.7. The van der Waals surface area contributed by atoms with E-state index in [1.54, 1.807) is 0 Å². The average molecular weight is 206 g/mol. The Morgan fingerprint density at radius 2 is 1.80 bits per heavy atom. The monoisotopic (exact) mass is 206 g/mol. The molecule has 0 amide bonds. The Kier molecular flexibility index (Phi) is 3.33. The van der Waals surface area contributed by atoms with Crippen LogP contribution in [0, 0.1) is 17.3 Å². The molecule has 0 aliphatic carbocycles. The maximum atomic E-state index is 3.17. The van der Waals surface area contributed by atoms with Crippen molar-refractivity contribution in [3.8, 4) is 11.8 Å². The van der Waals surface area contributed by atoms with Gasteiger partial charge in [-0.1, -0.05) is 12.8 Å². The van der Waals surface area contributed by atoms with Gasteiger partial charge in [0, 0.05) is 13.1 Å². The highest BCUT2D eigenvalue weighted by Gasteiger charge is 2.43. The van der Waals surface area contributed by atoms with Crippen LogP contribution in [0.15, 0.2) is 0 Å². The van der Waals surface area contributed by atoms with Crippen molar-refractivity contribution in [2.75, 3.05) is 39.3 Å². The predicted octanol–water partition coefficient (Wildman–Crippen LogP) is 1.43. The summed E-state index contributed by atoms with van der Waals surface area (Å²) in [6.07, 6.45) is 2.77. The van der Waals surface area contributed by atoms with Gasteiger partial charge in [-0.3, -0.25) is 4.90 Å². The van der Waals surface area contributed by atoms with Gasteiger partial charge in [0.2, 0.25) is 0 Å². The van der Waals surface area contributed by atoms with Crippen LogP contribution in [0.5, 0.6) is 0 Å². The number of hydrogen-bond acceptors (Lipinski definition) is 2. The third-order valence-corrected chi connectivity index (χ3v) is 3.96. The molecule has 2 nitrogen and oxygen atoms in total. The highest BCUT2D eigenvalue weighted by molar-refractivity contribution is 5.02. The summed E-state index contributed by atoms with van der Waals surface area (Å²) in [4.78, 5) is 5.05. The smallest absolute Gasteiger partial charge is 0.0601 e. The van der Waals surface area contributed by atoms with Crippen molar-refractivity contribution in [3.63, 3.8) is 0 Å². The molecule has 84 valence electrons. The fraction of sp³-hybridized carbons (Fsp3) is 0.846. The molecule has 15 heavy (non-hydrogen) atoms. The van der Waals surface area contributed by atoms with Gasteiger partial charge in [0.1, 0.15) is 0 Å². The molecule has 0 unspecified atom stereocenters. The lowest BCUT2D eigenvalue weighted by Gasteiger charge is -2.53. The molecule has 0 aromatic heterocycles. The van der Waals surface area contributed by atoms with Crippen LogP contribution in [0.25, 0.3) is 0 Å². The molecule has 0 radical (unpaired) electrons. The predicted molar refractivity (Wildman–Crippen MR) is 63.7 cm³/mol. The molecule has 0 saturated carbocycles. The fourth-order valence-corrected chi connectivity index (χ4v) is 2.82. The van der Waals surface area contributed by atoms with Crippen molar-refractivity contribution in [1.29, 1.82) is 0 Å². The lowest BCUT2D eigenvalue weighted by Crippen LogP contribution is -2.60. The van der Waals surface area contributed by atoms with Crippen molar-refractivity contribution in [1.82, 2.24) is 9.80 Å². The second kappa shape index (κ2) is 4.55. The third kappa shape index (κ3) is 2.35. The molecule has 0 aromatic rings. The number of likely N-dealkylation sites (tertiary alicyclic amines) is 2. The quantitative estimate of drug-likeness (QED) is 0.631. The summed E-state index contributed by atoms with van der Waals surface area (Å²) < 4.78 is 0. The first-order valence-corrected chi connectivity index (χ1v) is 6.12. The van der Waals surface area contributed by atoms with Gasteiger partial charge in [-0.15, -0.1) is 5.92 Å². The molecule has 2 rings (SSSR count). The standard InChI is InChI=1S/C13H22N2/c1-3-5-8-15-9-6-13(7-10-15)11-14(4-2)12-13/h4,6-12H2,1-2H3. The topological polar surface area (TPSA) is 6.48 Å². The first kappa shape index (κ1) is 11.0. The summed E-state index contributed by atoms with van der Waals surface area (Å²) in [6, 6.07) is 0. The van der Waals surface area contributed by atoms with Crippen LogP contribution in [-0.4, -0.2) is 49.1 Å². The van der Waals surface area contributed by atoms with Gasteiger partial charge in [0.15, 0.2) is 0 Å². The van der Waals surface area contributed by atoms with Crippen LogP contribution in [0.4, 0.5) is 0 Å². The first-order chi connectivity index (χ1) is 7.28. The number of nitrogens with zero attached hydrogens (tertiary/aromatic N) is 2. The lowest BCUT2D eigenvalue weighted by molar-refractivity contribution is -0.0411. The summed E-state index contributed by atoms with van der Waals surface area (Å²) in [6.45, 7) is 11.6. The summed E-state index contributed by atoms with van der Waals surface area (Å²) in [5, 5.41) is 0. The van der Waals surface area contributed by atoms with Gasteiger partial charge < -0.3 is 4.90 Å². The molecule has 2 fully saturated rings. The molecule has 0 N–H and O–H groups in total. The Morgan fingerprint density at radius 3 is 2.33 bits per heavy atom. The highest BCUT2D eigenvalue weighted by atomic mass is 15.2. The van der Waals surface area contributed by atoms with E-state index >= 15 is 0 Å². The zero-order valence-corrected chi connectivity index (χ0v) is 10.1. The molecular formula is C13H22N2. The molecule has 1 spiro atoms. The van der Waals surface area contributed by atoms with E-state index in [2.05, 4.69) is 28.6 Å². The van der Waals surface area contributed by atoms with Crippen molar-refractivity contribution >= 4 is 0 Å². The van der Waals surface area contributed by atoms with Gasteiger partial charge in [-0.2, -0.15) is 0 Å². The minimum absolute atomic E-state index is 0.687. The zero-order chi connectivity index (χ0) is 10.7. The molecule has 0 aromatic carbocycles. The van der Waals surface area contributed by atoms with Gasteiger partial charge >= 0.3 is 0 Å². The van der Waals surface area contributed by atoms with E-state index in [0.717, 1.165) is 6.54 Å². The number of rotatable bonds is 2. The van der Waals surface area contributed by atoms with Crippen LogP contribution in [0.2, 0.25) is 0 Å². The maximum Gasteiger partial charge on any atom is 0.0601 e. The largest absolute Gasteiger partial charge is 0.302 e. The molecule has 2 saturated heterocycles. The van der Waals surface area contributed by atoms with Gasteiger partial charge in [-0.25, -0.2) is 0 Å². The van der Waals surface area contributed by atoms with E-state index in [1.807, 2.05) is 6.92 Å². The Bertz CT molecular complexity index is 258. The van der Waals surface area contributed by atoms with Crippen LogP contribution >= 0.6 is 0 Å². The fourth-order valence-electron chi connectivity index (χ4n) is 2.82. The van der Waals surface area contributed by atoms with E-state index in [1.165, 1.54) is 45.6 Å².